The Morgan fingerprint density at radius 3 is 2.78 bits per heavy atom. The van der Waals surface area contributed by atoms with E-state index in [1.807, 2.05) is 10.7 Å². The molecule has 0 spiro atoms. The van der Waals surface area contributed by atoms with Crippen molar-refractivity contribution in [3.05, 3.63) is 24.2 Å². The van der Waals surface area contributed by atoms with Crippen LogP contribution in [0.4, 0.5) is 5.82 Å². The third kappa shape index (κ3) is 1.95. The van der Waals surface area contributed by atoms with E-state index in [2.05, 4.69) is 47.6 Å². The van der Waals surface area contributed by atoms with Crippen LogP contribution in [0.25, 0.3) is 5.52 Å². The molecule has 0 aromatic carbocycles. The molecule has 2 aromatic rings. The number of aromatic nitrogens is 3. The Morgan fingerprint density at radius 1 is 1.39 bits per heavy atom. The number of nitrogens with zero attached hydrogens (tertiary/aromatic N) is 3. The number of nitrogens with one attached hydrogen (secondary N) is 2. The van der Waals surface area contributed by atoms with Crippen LogP contribution in [0.15, 0.2) is 18.5 Å². The van der Waals surface area contributed by atoms with Crippen LogP contribution in [-0.4, -0.2) is 33.7 Å². The Kier molecular flexibility index (Phi) is 2.52. The third-order valence-electron chi connectivity index (χ3n) is 3.28. The van der Waals surface area contributed by atoms with Gasteiger partial charge in [-0.25, -0.2) is 9.50 Å². The summed E-state index contributed by atoms with van der Waals surface area (Å²) in [4.78, 5) is 4.42. The maximum Gasteiger partial charge on any atom is 0.152 e. The SMILES string of the molecule is CC(C)(C)c1cc2c(NC3CNC3)nccn2n1. The first kappa shape index (κ1) is 11.5. The van der Waals surface area contributed by atoms with E-state index in [1.54, 1.807) is 6.20 Å². The highest BCUT2D eigenvalue weighted by Gasteiger charge is 2.21. The Morgan fingerprint density at radius 2 is 2.17 bits per heavy atom. The van der Waals surface area contributed by atoms with E-state index in [4.69, 9.17) is 0 Å². The summed E-state index contributed by atoms with van der Waals surface area (Å²) < 4.78 is 1.90. The summed E-state index contributed by atoms with van der Waals surface area (Å²) in [7, 11) is 0. The molecule has 0 amide bonds. The van der Waals surface area contributed by atoms with Gasteiger partial charge in [0.2, 0.25) is 0 Å². The summed E-state index contributed by atoms with van der Waals surface area (Å²) >= 11 is 0. The average Bonchev–Trinajstić information content (AvgIpc) is 2.67. The summed E-state index contributed by atoms with van der Waals surface area (Å²) in [6, 6.07) is 2.61. The predicted octanol–water partition coefficient (Wildman–Crippen LogP) is 1.41. The molecule has 3 heterocycles. The second-order valence-electron chi connectivity index (χ2n) is 5.88. The number of fused-ring (bicyclic) bond motifs is 1. The van der Waals surface area contributed by atoms with Crippen LogP contribution < -0.4 is 10.6 Å². The van der Waals surface area contributed by atoms with Gasteiger partial charge < -0.3 is 10.6 Å². The molecule has 0 atom stereocenters. The van der Waals surface area contributed by atoms with Crippen LogP contribution in [0.2, 0.25) is 0 Å². The smallest absolute Gasteiger partial charge is 0.152 e. The van der Waals surface area contributed by atoms with Gasteiger partial charge in [0.15, 0.2) is 5.82 Å². The molecule has 2 aromatic heterocycles. The number of hydrogen-bond acceptors (Lipinski definition) is 4. The lowest BCUT2D eigenvalue weighted by Gasteiger charge is -2.28. The summed E-state index contributed by atoms with van der Waals surface area (Å²) in [6.45, 7) is 8.52. The molecule has 96 valence electrons. The van der Waals surface area contributed by atoms with E-state index in [0.29, 0.717) is 6.04 Å². The highest BCUT2D eigenvalue weighted by Crippen LogP contribution is 2.24. The summed E-state index contributed by atoms with van der Waals surface area (Å²) in [5, 5.41) is 11.3. The van der Waals surface area contributed by atoms with E-state index in [-0.39, 0.29) is 5.41 Å². The maximum atomic E-state index is 4.62. The van der Waals surface area contributed by atoms with Crippen LogP contribution in [0.3, 0.4) is 0 Å². The molecular formula is C13H19N5. The van der Waals surface area contributed by atoms with Gasteiger partial charge in [0.1, 0.15) is 5.52 Å². The molecule has 5 nitrogen and oxygen atoms in total. The van der Waals surface area contributed by atoms with Crippen LogP contribution in [0, 0.1) is 0 Å². The fraction of sp³-hybridized carbons (Fsp3) is 0.538. The molecule has 2 N–H and O–H groups in total. The van der Waals surface area contributed by atoms with Crippen molar-refractivity contribution in [2.45, 2.75) is 32.2 Å². The largest absolute Gasteiger partial charge is 0.363 e. The van der Waals surface area contributed by atoms with Crippen molar-refractivity contribution < 1.29 is 0 Å². The van der Waals surface area contributed by atoms with Crippen LogP contribution in [-0.2, 0) is 5.41 Å². The molecule has 0 radical (unpaired) electrons. The van der Waals surface area contributed by atoms with Gasteiger partial charge in [-0.05, 0) is 6.07 Å². The molecule has 1 aliphatic heterocycles. The van der Waals surface area contributed by atoms with Gasteiger partial charge in [0, 0.05) is 30.9 Å². The molecule has 5 heteroatoms. The summed E-state index contributed by atoms with van der Waals surface area (Å²) in [6.07, 6.45) is 3.69. The van der Waals surface area contributed by atoms with E-state index in [9.17, 15) is 0 Å². The molecule has 0 unspecified atom stereocenters. The quantitative estimate of drug-likeness (QED) is 0.840. The van der Waals surface area contributed by atoms with Crippen LogP contribution in [0.1, 0.15) is 26.5 Å². The average molecular weight is 245 g/mol. The predicted molar refractivity (Wildman–Crippen MR) is 72.0 cm³/mol. The number of hydrogen-bond donors (Lipinski definition) is 2. The standard InChI is InChI=1S/C13H19N5/c1-13(2,3)11-6-10-12(16-9-7-14-8-9)15-4-5-18(10)17-11/h4-6,9,14H,7-8H2,1-3H3,(H,15,16). The summed E-state index contributed by atoms with van der Waals surface area (Å²) in [5.74, 6) is 0.923. The Labute approximate surface area is 107 Å². The van der Waals surface area contributed by atoms with Crippen molar-refractivity contribution in [1.29, 1.82) is 0 Å². The number of anilines is 1. The third-order valence-corrected chi connectivity index (χ3v) is 3.28. The topological polar surface area (TPSA) is 54.2 Å². The van der Waals surface area contributed by atoms with Gasteiger partial charge in [-0.1, -0.05) is 20.8 Å². The molecule has 0 saturated carbocycles. The minimum absolute atomic E-state index is 0.0569. The van der Waals surface area contributed by atoms with Crippen molar-refractivity contribution in [3.63, 3.8) is 0 Å². The fourth-order valence-electron chi connectivity index (χ4n) is 1.98. The molecule has 0 bridgehead atoms. The maximum absolute atomic E-state index is 4.62. The lowest BCUT2D eigenvalue weighted by Crippen LogP contribution is -2.51. The van der Waals surface area contributed by atoms with Gasteiger partial charge >= 0.3 is 0 Å². The van der Waals surface area contributed by atoms with Crippen LogP contribution in [0.5, 0.6) is 0 Å². The zero-order valence-electron chi connectivity index (χ0n) is 11.1. The minimum atomic E-state index is 0.0569. The molecule has 1 fully saturated rings. The summed E-state index contributed by atoms with van der Waals surface area (Å²) in [5.41, 5.74) is 2.20. The highest BCUT2D eigenvalue weighted by atomic mass is 15.3. The van der Waals surface area contributed by atoms with E-state index < -0.39 is 0 Å². The van der Waals surface area contributed by atoms with Crippen molar-refractivity contribution in [1.82, 2.24) is 19.9 Å². The minimum Gasteiger partial charge on any atom is -0.363 e. The van der Waals surface area contributed by atoms with Crippen molar-refractivity contribution in [2.24, 2.45) is 0 Å². The van der Waals surface area contributed by atoms with Crippen molar-refractivity contribution in [2.75, 3.05) is 18.4 Å². The van der Waals surface area contributed by atoms with Gasteiger partial charge in [0.25, 0.3) is 0 Å². The highest BCUT2D eigenvalue weighted by molar-refractivity contribution is 5.68. The Balaban J connectivity index is 2.01. The zero-order valence-corrected chi connectivity index (χ0v) is 11.1. The second kappa shape index (κ2) is 3.95. The first-order chi connectivity index (χ1) is 8.54. The van der Waals surface area contributed by atoms with Gasteiger partial charge in [-0.2, -0.15) is 5.10 Å². The number of rotatable bonds is 2. The Hall–Kier alpha value is -1.62. The Bertz CT molecular complexity index is 562. The van der Waals surface area contributed by atoms with E-state index in [0.717, 1.165) is 30.1 Å². The monoisotopic (exact) mass is 245 g/mol. The second-order valence-corrected chi connectivity index (χ2v) is 5.88. The van der Waals surface area contributed by atoms with Gasteiger partial charge in [0.05, 0.1) is 11.7 Å². The van der Waals surface area contributed by atoms with Gasteiger partial charge in [-0.3, -0.25) is 0 Å². The molecular weight excluding hydrogens is 226 g/mol. The molecule has 18 heavy (non-hydrogen) atoms. The zero-order chi connectivity index (χ0) is 12.8. The lowest BCUT2D eigenvalue weighted by molar-refractivity contribution is 0.471. The van der Waals surface area contributed by atoms with Crippen molar-refractivity contribution in [3.8, 4) is 0 Å². The van der Waals surface area contributed by atoms with Crippen LogP contribution >= 0.6 is 0 Å². The van der Waals surface area contributed by atoms with E-state index >= 15 is 0 Å². The molecule has 1 aliphatic rings. The normalized spacial score (nSPS) is 16.8. The molecule has 1 saturated heterocycles. The van der Waals surface area contributed by atoms with E-state index in [1.165, 1.54) is 0 Å². The lowest BCUT2D eigenvalue weighted by atomic mass is 9.92. The first-order valence-electron chi connectivity index (χ1n) is 6.36. The molecule has 3 rings (SSSR count). The van der Waals surface area contributed by atoms with Gasteiger partial charge in [-0.15, -0.1) is 0 Å². The van der Waals surface area contributed by atoms with Crippen molar-refractivity contribution >= 4 is 11.3 Å². The first-order valence-corrected chi connectivity index (χ1v) is 6.36. The fourth-order valence-corrected chi connectivity index (χ4v) is 1.98. The molecule has 0 aliphatic carbocycles.